The number of halogens is 1. The number of amides is 1. The maximum Gasteiger partial charge on any atom is 0.407 e. The minimum absolute atomic E-state index is 0.0250. The smallest absolute Gasteiger partial charge is 0.407 e. The van der Waals surface area contributed by atoms with Crippen LogP contribution < -0.4 is 5.32 Å². The Balaban J connectivity index is 1.89. The van der Waals surface area contributed by atoms with Gasteiger partial charge in [-0.05, 0) is 29.7 Å². The van der Waals surface area contributed by atoms with Gasteiger partial charge in [-0.1, -0.05) is 36.4 Å². The molecule has 0 heterocycles. The van der Waals surface area contributed by atoms with Gasteiger partial charge >= 0.3 is 12.1 Å². The first-order chi connectivity index (χ1) is 12.5. The molecule has 1 atom stereocenters. The Morgan fingerprint density at radius 3 is 2.54 bits per heavy atom. The molecule has 0 saturated heterocycles. The third-order valence-corrected chi connectivity index (χ3v) is 3.73. The van der Waals surface area contributed by atoms with Gasteiger partial charge in [-0.15, -0.1) is 0 Å². The number of carbonyl (C=O) groups is 2. The predicted molar refractivity (Wildman–Crippen MR) is 91.9 cm³/mol. The van der Waals surface area contributed by atoms with E-state index < -0.39 is 29.5 Å². The van der Waals surface area contributed by atoms with Gasteiger partial charge in [0.25, 0.3) is 0 Å². The molecule has 1 amide bonds. The van der Waals surface area contributed by atoms with Crippen LogP contribution in [0.1, 0.15) is 11.1 Å². The number of carbonyl (C=O) groups excluding carboxylic acids is 2. The highest BCUT2D eigenvalue weighted by atomic mass is 19.1. The third kappa shape index (κ3) is 5.77. The lowest BCUT2D eigenvalue weighted by Gasteiger charge is -2.16. The number of hydrogen-bond acceptors (Lipinski definition) is 5. The zero-order valence-corrected chi connectivity index (χ0v) is 14.3. The van der Waals surface area contributed by atoms with Crippen molar-refractivity contribution in [3.05, 3.63) is 65.5 Å². The normalized spacial score (nSPS) is 11.5. The molecule has 0 aliphatic heterocycles. The number of methoxy groups -OCH3 is 1. The maximum atomic E-state index is 13.4. The van der Waals surface area contributed by atoms with Gasteiger partial charge in [-0.25, -0.2) is 9.18 Å². The molecule has 1 unspecified atom stereocenters. The number of benzene rings is 2. The van der Waals surface area contributed by atoms with Crippen molar-refractivity contribution in [2.75, 3.05) is 13.7 Å². The highest BCUT2D eigenvalue weighted by molar-refractivity contribution is 5.74. The lowest BCUT2D eigenvalue weighted by atomic mass is 9.99. The number of aromatic hydroxyl groups is 1. The summed E-state index contributed by atoms with van der Waals surface area (Å²) in [5.74, 6) is -2.50. The summed E-state index contributed by atoms with van der Waals surface area (Å²) in [7, 11) is 1.24. The van der Waals surface area contributed by atoms with E-state index in [9.17, 15) is 19.1 Å². The molecule has 138 valence electrons. The molecule has 6 nitrogen and oxygen atoms in total. The van der Waals surface area contributed by atoms with E-state index in [0.717, 1.165) is 11.6 Å². The molecule has 0 aliphatic rings. The van der Waals surface area contributed by atoms with Gasteiger partial charge in [0.2, 0.25) is 0 Å². The summed E-state index contributed by atoms with van der Waals surface area (Å²) in [6.45, 7) is 0.0849. The van der Waals surface area contributed by atoms with Crippen molar-refractivity contribution >= 4 is 12.1 Å². The van der Waals surface area contributed by atoms with Crippen LogP contribution in [0.3, 0.4) is 0 Å². The first-order valence-corrected chi connectivity index (χ1v) is 7.99. The van der Waals surface area contributed by atoms with Gasteiger partial charge in [-0.2, -0.15) is 0 Å². The van der Waals surface area contributed by atoms with Crippen molar-refractivity contribution in [2.45, 2.75) is 13.0 Å². The zero-order valence-electron chi connectivity index (χ0n) is 14.3. The first-order valence-electron chi connectivity index (χ1n) is 7.99. The van der Waals surface area contributed by atoms with Crippen molar-refractivity contribution in [3.8, 4) is 5.75 Å². The van der Waals surface area contributed by atoms with Crippen LogP contribution in [-0.4, -0.2) is 30.8 Å². The molecule has 0 aliphatic carbocycles. The molecule has 0 aromatic heterocycles. The second kappa shape index (κ2) is 9.41. The topological polar surface area (TPSA) is 84.9 Å². The number of phenols is 1. The number of ether oxygens (including phenoxy) is 2. The van der Waals surface area contributed by atoms with E-state index in [1.54, 1.807) is 0 Å². The van der Waals surface area contributed by atoms with Gasteiger partial charge in [0, 0.05) is 6.54 Å². The summed E-state index contributed by atoms with van der Waals surface area (Å²) >= 11 is 0. The number of esters is 1. The highest BCUT2D eigenvalue weighted by Crippen LogP contribution is 2.19. The van der Waals surface area contributed by atoms with Crippen LogP contribution in [0.4, 0.5) is 9.18 Å². The Labute approximate surface area is 150 Å². The fraction of sp³-hybridized carbons (Fsp3) is 0.263. The van der Waals surface area contributed by atoms with E-state index >= 15 is 0 Å². The van der Waals surface area contributed by atoms with Crippen LogP contribution in [0.2, 0.25) is 0 Å². The van der Waals surface area contributed by atoms with Crippen LogP contribution in [0, 0.1) is 11.7 Å². The molecule has 2 N–H and O–H groups in total. The quantitative estimate of drug-likeness (QED) is 0.741. The predicted octanol–water partition coefficient (Wildman–Crippen LogP) is 2.79. The number of phenolic OH excluding ortho intramolecular Hbond substituents is 1. The van der Waals surface area contributed by atoms with Crippen LogP contribution in [0.5, 0.6) is 5.75 Å². The van der Waals surface area contributed by atoms with Crippen LogP contribution >= 0.6 is 0 Å². The zero-order chi connectivity index (χ0) is 18.9. The van der Waals surface area contributed by atoms with E-state index in [-0.39, 0.29) is 19.6 Å². The van der Waals surface area contributed by atoms with Crippen molar-refractivity contribution in [1.29, 1.82) is 0 Å². The SMILES string of the molecule is COC(=O)C(CNC(=O)OCc1ccccc1)Cc1ccc(O)c(F)c1. The molecule has 7 heteroatoms. The number of alkyl carbamates (subject to hydrolysis) is 1. The molecule has 0 fully saturated rings. The van der Waals surface area contributed by atoms with Gasteiger partial charge in [0.05, 0.1) is 13.0 Å². The summed E-state index contributed by atoms with van der Waals surface area (Å²) in [5, 5.41) is 11.7. The lowest BCUT2D eigenvalue weighted by molar-refractivity contribution is -0.145. The van der Waals surface area contributed by atoms with Crippen molar-refractivity contribution < 1.29 is 28.6 Å². The van der Waals surface area contributed by atoms with E-state index in [1.165, 1.54) is 19.2 Å². The van der Waals surface area contributed by atoms with Crippen molar-refractivity contribution in [2.24, 2.45) is 5.92 Å². The minimum Gasteiger partial charge on any atom is -0.505 e. The van der Waals surface area contributed by atoms with Crippen LogP contribution in [0.25, 0.3) is 0 Å². The third-order valence-electron chi connectivity index (χ3n) is 3.73. The van der Waals surface area contributed by atoms with Crippen molar-refractivity contribution in [1.82, 2.24) is 5.32 Å². The molecule has 2 rings (SSSR count). The highest BCUT2D eigenvalue weighted by Gasteiger charge is 2.21. The Morgan fingerprint density at radius 1 is 1.15 bits per heavy atom. The summed E-state index contributed by atoms with van der Waals surface area (Å²) < 4.78 is 23.2. The first kappa shape index (κ1) is 19.2. The summed E-state index contributed by atoms with van der Waals surface area (Å²) in [6, 6.07) is 13.0. The molecule has 2 aromatic carbocycles. The number of hydrogen-bond donors (Lipinski definition) is 2. The molecule has 2 aromatic rings. The van der Waals surface area contributed by atoms with Gasteiger partial charge in [-0.3, -0.25) is 4.79 Å². The van der Waals surface area contributed by atoms with Crippen LogP contribution in [-0.2, 0) is 27.3 Å². The molecule has 0 bridgehead atoms. The minimum atomic E-state index is -0.777. The number of rotatable bonds is 7. The van der Waals surface area contributed by atoms with E-state index in [2.05, 4.69) is 5.32 Å². The monoisotopic (exact) mass is 361 g/mol. The maximum absolute atomic E-state index is 13.4. The molecule has 26 heavy (non-hydrogen) atoms. The fourth-order valence-corrected chi connectivity index (χ4v) is 2.35. The van der Waals surface area contributed by atoms with E-state index in [4.69, 9.17) is 9.47 Å². The van der Waals surface area contributed by atoms with E-state index in [0.29, 0.717) is 5.56 Å². The second-order valence-electron chi connectivity index (χ2n) is 5.65. The Bertz CT molecular complexity index is 751. The number of nitrogens with one attached hydrogen (secondary N) is 1. The fourth-order valence-electron chi connectivity index (χ4n) is 2.35. The molecule has 0 saturated carbocycles. The molecule has 0 radical (unpaired) electrons. The Kier molecular flexibility index (Phi) is 6.96. The van der Waals surface area contributed by atoms with E-state index in [1.807, 2.05) is 30.3 Å². The summed E-state index contributed by atoms with van der Waals surface area (Å²) in [4.78, 5) is 23.7. The van der Waals surface area contributed by atoms with Crippen LogP contribution in [0.15, 0.2) is 48.5 Å². The Morgan fingerprint density at radius 2 is 1.88 bits per heavy atom. The molecule has 0 spiro atoms. The standard InChI is InChI=1S/C19H20FNO5/c1-25-18(23)15(9-14-7-8-17(22)16(20)10-14)11-21-19(24)26-12-13-5-3-2-4-6-13/h2-8,10,15,22H,9,11-12H2,1H3,(H,21,24). The molecular formula is C19H20FNO5. The molecular weight excluding hydrogens is 341 g/mol. The van der Waals surface area contributed by atoms with Gasteiger partial charge in [0.1, 0.15) is 6.61 Å². The lowest BCUT2D eigenvalue weighted by Crippen LogP contribution is -2.35. The largest absolute Gasteiger partial charge is 0.505 e. The van der Waals surface area contributed by atoms with Crippen molar-refractivity contribution in [3.63, 3.8) is 0 Å². The van der Waals surface area contributed by atoms with Gasteiger partial charge in [0.15, 0.2) is 11.6 Å². The van der Waals surface area contributed by atoms with Gasteiger partial charge < -0.3 is 19.9 Å². The average Bonchev–Trinajstić information content (AvgIpc) is 2.66. The second-order valence-corrected chi connectivity index (χ2v) is 5.65. The Hall–Kier alpha value is -3.09. The average molecular weight is 361 g/mol. The summed E-state index contributed by atoms with van der Waals surface area (Å²) in [5.41, 5.74) is 1.34. The summed E-state index contributed by atoms with van der Waals surface area (Å²) in [6.07, 6.45) is -0.525.